The first kappa shape index (κ1) is 19.2. The standard InChI is InChI=1S/C19H20INO4S/c20-14-5-9-16(10-6-14)25-13-19(22)21-15-7-11-18(12-8-15)26(23,24)17-3-1-2-4-17/h5-12,17H,1-4,13H2,(H,21,22). The number of hydrogen-bond donors (Lipinski definition) is 1. The second-order valence-corrected chi connectivity index (χ2v) is 9.74. The predicted molar refractivity (Wildman–Crippen MR) is 109 cm³/mol. The molecule has 1 aliphatic rings. The number of halogens is 1. The van der Waals surface area contributed by atoms with Crippen LogP contribution in [0.3, 0.4) is 0 Å². The number of amides is 1. The van der Waals surface area contributed by atoms with Crippen molar-refractivity contribution >= 4 is 44.0 Å². The van der Waals surface area contributed by atoms with Crippen LogP contribution in [0, 0.1) is 3.57 Å². The SMILES string of the molecule is O=C(COc1ccc(I)cc1)Nc1ccc(S(=O)(=O)C2CCCC2)cc1. The van der Waals surface area contributed by atoms with Gasteiger partial charge in [0.15, 0.2) is 16.4 Å². The minimum atomic E-state index is -3.27. The molecule has 3 rings (SSSR count). The Bertz CT molecular complexity index is 857. The van der Waals surface area contributed by atoms with E-state index in [4.69, 9.17) is 4.74 Å². The third-order valence-corrected chi connectivity index (χ3v) is 7.39. The Kier molecular flexibility index (Phi) is 6.18. The molecule has 0 aromatic heterocycles. The molecule has 0 bridgehead atoms. The molecule has 1 N–H and O–H groups in total. The summed E-state index contributed by atoms with van der Waals surface area (Å²) in [5.41, 5.74) is 0.548. The van der Waals surface area contributed by atoms with Crippen molar-refractivity contribution in [2.75, 3.05) is 11.9 Å². The molecular formula is C19H20INO4S. The fourth-order valence-corrected chi connectivity index (χ4v) is 5.21. The van der Waals surface area contributed by atoms with Crippen molar-refractivity contribution in [3.8, 4) is 5.75 Å². The first-order chi connectivity index (χ1) is 12.4. The monoisotopic (exact) mass is 485 g/mol. The Hall–Kier alpha value is -1.61. The van der Waals surface area contributed by atoms with Crippen molar-refractivity contribution in [2.24, 2.45) is 0 Å². The fraction of sp³-hybridized carbons (Fsp3) is 0.316. The Balaban J connectivity index is 1.56. The van der Waals surface area contributed by atoms with Crippen LogP contribution in [0.25, 0.3) is 0 Å². The molecule has 0 atom stereocenters. The first-order valence-corrected chi connectivity index (χ1v) is 11.1. The highest BCUT2D eigenvalue weighted by Gasteiger charge is 2.30. The minimum absolute atomic E-state index is 0.108. The number of nitrogens with one attached hydrogen (secondary N) is 1. The maximum atomic E-state index is 12.5. The number of rotatable bonds is 6. The van der Waals surface area contributed by atoms with E-state index in [1.54, 1.807) is 36.4 Å². The maximum Gasteiger partial charge on any atom is 0.262 e. The van der Waals surface area contributed by atoms with Crippen LogP contribution in [0.5, 0.6) is 5.75 Å². The fourth-order valence-electron chi connectivity index (χ4n) is 3.00. The zero-order valence-electron chi connectivity index (χ0n) is 14.2. The van der Waals surface area contributed by atoms with E-state index in [9.17, 15) is 13.2 Å². The minimum Gasteiger partial charge on any atom is -0.484 e. The molecule has 26 heavy (non-hydrogen) atoms. The van der Waals surface area contributed by atoms with Gasteiger partial charge in [0.05, 0.1) is 10.1 Å². The van der Waals surface area contributed by atoms with E-state index in [2.05, 4.69) is 27.9 Å². The molecule has 1 aliphatic carbocycles. The molecule has 1 fully saturated rings. The van der Waals surface area contributed by atoms with Gasteiger partial charge in [0.25, 0.3) is 5.91 Å². The Morgan fingerprint density at radius 3 is 2.27 bits per heavy atom. The molecule has 0 aliphatic heterocycles. The molecule has 2 aromatic rings. The highest BCUT2D eigenvalue weighted by Crippen LogP contribution is 2.30. The Labute approximate surface area is 167 Å². The topological polar surface area (TPSA) is 72.5 Å². The van der Waals surface area contributed by atoms with Gasteiger partial charge < -0.3 is 10.1 Å². The second kappa shape index (κ2) is 8.39. The van der Waals surface area contributed by atoms with Gasteiger partial charge in [0.2, 0.25) is 0 Å². The lowest BCUT2D eigenvalue weighted by Gasteiger charge is -2.12. The maximum absolute atomic E-state index is 12.5. The summed E-state index contributed by atoms with van der Waals surface area (Å²) in [5, 5.41) is 2.44. The normalized spacial score (nSPS) is 15.0. The summed E-state index contributed by atoms with van der Waals surface area (Å²) in [6.07, 6.45) is 3.41. The van der Waals surface area contributed by atoms with Crippen molar-refractivity contribution in [2.45, 2.75) is 35.8 Å². The van der Waals surface area contributed by atoms with Gasteiger partial charge in [-0.25, -0.2) is 8.42 Å². The molecule has 5 nitrogen and oxygen atoms in total. The molecule has 0 heterocycles. The molecule has 0 saturated heterocycles. The van der Waals surface area contributed by atoms with Crippen LogP contribution < -0.4 is 10.1 Å². The zero-order chi connectivity index (χ0) is 18.6. The lowest BCUT2D eigenvalue weighted by Crippen LogP contribution is -2.20. The van der Waals surface area contributed by atoms with Gasteiger partial charge in [-0.2, -0.15) is 0 Å². The van der Waals surface area contributed by atoms with Crippen LogP contribution in [0.2, 0.25) is 0 Å². The highest BCUT2D eigenvalue weighted by atomic mass is 127. The number of carbonyl (C=O) groups is 1. The Morgan fingerprint density at radius 1 is 1.04 bits per heavy atom. The quantitative estimate of drug-likeness (QED) is 0.628. The van der Waals surface area contributed by atoms with E-state index in [1.807, 2.05) is 12.1 Å². The van der Waals surface area contributed by atoms with Crippen molar-refractivity contribution < 1.29 is 17.9 Å². The number of anilines is 1. The largest absolute Gasteiger partial charge is 0.484 e. The number of benzene rings is 2. The molecule has 0 radical (unpaired) electrons. The van der Waals surface area contributed by atoms with Crippen LogP contribution in [0.15, 0.2) is 53.4 Å². The van der Waals surface area contributed by atoms with Crippen LogP contribution in [0.4, 0.5) is 5.69 Å². The predicted octanol–water partition coefficient (Wildman–Crippen LogP) is 4.03. The molecule has 2 aromatic carbocycles. The van der Waals surface area contributed by atoms with E-state index < -0.39 is 9.84 Å². The van der Waals surface area contributed by atoms with Crippen LogP contribution >= 0.6 is 22.6 Å². The Morgan fingerprint density at radius 2 is 1.65 bits per heavy atom. The average molecular weight is 485 g/mol. The average Bonchev–Trinajstić information content (AvgIpc) is 3.17. The van der Waals surface area contributed by atoms with Gasteiger partial charge in [0, 0.05) is 9.26 Å². The lowest BCUT2D eigenvalue weighted by molar-refractivity contribution is -0.118. The van der Waals surface area contributed by atoms with Crippen molar-refractivity contribution in [1.29, 1.82) is 0 Å². The van der Waals surface area contributed by atoms with E-state index in [0.717, 1.165) is 29.3 Å². The third-order valence-electron chi connectivity index (χ3n) is 4.39. The summed E-state index contributed by atoms with van der Waals surface area (Å²) in [7, 11) is -3.27. The molecule has 0 spiro atoms. The number of hydrogen-bond acceptors (Lipinski definition) is 4. The number of sulfone groups is 1. The van der Waals surface area contributed by atoms with E-state index in [1.165, 1.54) is 0 Å². The summed E-state index contributed by atoms with van der Waals surface area (Å²) in [5.74, 6) is 0.327. The van der Waals surface area contributed by atoms with Gasteiger partial charge in [-0.05, 0) is 84.0 Å². The van der Waals surface area contributed by atoms with Gasteiger partial charge in [-0.3, -0.25) is 4.79 Å². The summed E-state index contributed by atoms with van der Waals surface area (Å²) in [6.45, 7) is -0.108. The van der Waals surface area contributed by atoms with Crippen LogP contribution in [0.1, 0.15) is 25.7 Å². The van der Waals surface area contributed by atoms with Crippen LogP contribution in [-0.2, 0) is 14.6 Å². The molecule has 1 amide bonds. The molecule has 7 heteroatoms. The molecule has 138 valence electrons. The van der Waals surface area contributed by atoms with Gasteiger partial charge in [0.1, 0.15) is 5.75 Å². The number of ether oxygens (including phenoxy) is 1. The summed E-state index contributed by atoms with van der Waals surface area (Å²) in [4.78, 5) is 12.3. The molecule has 0 unspecified atom stereocenters. The zero-order valence-corrected chi connectivity index (χ0v) is 17.1. The van der Waals surface area contributed by atoms with Gasteiger partial charge >= 0.3 is 0 Å². The van der Waals surface area contributed by atoms with E-state index >= 15 is 0 Å². The summed E-state index contributed by atoms with van der Waals surface area (Å²) < 4.78 is 31.6. The van der Waals surface area contributed by atoms with Crippen molar-refractivity contribution in [3.05, 3.63) is 52.1 Å². The number of carbonyl (C=O) groups excluding carboxylic acids is 1. The lowest BCUT2D eigenvalue weighted by atomic mass is 10.3. The molecular weight excluding hydrogens is 465 g/mol. The summed E-state index contributed by atoms with van der Waals surface area (Å²) >= 11 is 2.20. The third kappa shape index (κ3) is 4.76. The highest BCUT2D eigenvalue weighted by molar-refractivity contribution is 14.1. The van der Waals surface area contributed by atoms with Crippen molar-refractivity contribution in [1.82, 2.24) is 0 Å². The van der Waals surface area contributed by atoms with Crippen LogP contribution in [-0.4, -0.2) is 26.2 Å². The van der Waals surface area contributed by atoms with Gasteiger partial charge in [-0.1, -0.05) is 12.8 Å². The van der Waals surface area contributed by atoms with Gasteiger partial charge in [-0.15, -0.1) is 0 Å². The summed E-state index contributed by atoms with van der Waals surface area (Å²) in [6, 6.07) is 13.8. The molecule has 1 saturated carbocycles. The van der Waals surface area contributed by atoms with E-state index in [-0.39, 0.29) is 17.8 Å². The van der Waals surface area contributed by atoms with Crippen molar-refractivity contribution in [3.63, 3.8) is 0 Å². The smallest absolute Gasteiger partial charge is 0.262 e. The first-order valence-electron chi connectivity index (χ1n) is 8.47. The van der Waals surface area contributed by atoms with E-state index in [0.29, 0.717) is 16.3 Å². The second-order valence-electron chi connectivity index (χ2n) is 6.27.